The molecule has 1 aromatic rings. The Morgan fingerprint density at radius 3 is 2.48 bits per heavy atom. The van der Waals surface area contributed by atoms with Crippen LogP contribution in [-0.2, 0) is 25.5 Å². The van der Waals surface area contributed by atoms with Gasteiger partial charge in [0.1, 0.15) is 18.0 Å². The van der Waals surface area contributed by atoms with Crippen molar-refractivity contribution in [2.45, 2.75) is 97.9 Å². The number of cyclic esters (lactones) is 1. The number of nitrogens with two attached hydrogens (primary N) is 1. The highest BCUT2D eigenvalue weighted by atomic mass is 16.6. The highest BCUT2D eigenvalue weighted by Crippen LogP contribution is 2.45. The molecule has 4 rings (SSSR count). The van der Waals surface area contributed by atoms with Crippen molar-refractivity contribution in [3.05, 3.63) is 53.6 Å². The number of allylic oxidation sites excluding steroid dienone is 3. The molecule has 1 heterocycles. The van der Waals surface area contributed by atoms with E-state index in [1.165, 1.54) is 11.1 Å². The van der Waals surface area contributed by atoms with Gasteiger partial charge in [-0.3, -0.25) is 9.59 Å². The summed E-state index contributed by atoms with van der Waals surface area (Å²) in [5, 5.41) is 18.8. The number of hydrogen-bond donors (Lipinski definition) is 3. The molecule has 222 valence electrons. The van der Waals surface area contributed by atoms with E-state index < -0.39 is 11.5 Å². The minimum atomic E-state index is -0.601. The van der Waals surface area contributed by atoms with Gasteiger partial charge in [-0.1, -0.05) is 51.1 Å². The predicted octanol–water partition coefficient (Wildman–Crippen LogP) is 5.48. The van der Waals surface area contributed by atoms with E-state index in [1.807, 2.05) is 32.9 Å². The van der Waals surface area contributed by atoms with Gasteiger partial charge in [0.15, 0.2) is 0 Å². The number of aliphatic hydroxyl groups is 1. The lowest BCUT2D eigenvalue weighted by Crippen LogP contribution is -2.43. The van der Waals surface area contributed by atoms with Gasteiger partial charge in [0.2, 0.25) is 0 Å². The fraction of sp³-hybridized carbons (Fsp3) is 0.636. The first-order valence-corrected chi connectivity index (χ1v) is 14.9. The molecule has 1 aromatic carbocycles. The largest absolute Gasteiger partial charge is 0.508 e. The molecule has 1 saturated heterocycles. The van der Waals surface area contributed by atoms with Gasteiger partial charge in [0, 0.05) is 12.3 Å². The van der Waals surface area contributed by atoms with Gasteiger partial charge in [0.25, 0.3) is 0 Å². The van der Waals surface area contributed by atoms with Crippen LogP contribution in [-0.4, -0.2) is 47.0 Å². The average molecular weight is 556 g/mol. The number of fused-ring (bicyclic) bond motifs is 1. The molecule has 0 bridgehead atoms. The number of esters is 2. The average Bonchev–Trinajstić information content (AvgIpc) is 2.89. The van der Waals surface area contributed by atoms with E-state index in [4.69, 9.17) is 20.3 Å². The smallest absolute Gasteiger partial charge is 0.311 e. The van der Waals surface area contributed by atoms with Crippen LogP contribution in [0.2, 0.25) is 0 Å². The quantitative estimate of drug-likeness (QED) is 0.364. The maximum absolute atomic E-state index is 12.9. The molecular weight excluding hydrogens is 506 g/mol. The molecule has 7 atom stereocenters. The van der Waals surface area contributed by atoms with Crippen LogP contribution >= 0.6 is 0 Å². The van der Waals surface area contributed by atoms with E-state index in [9.17, 15) is 14.7 Å². The van der Waals surface area contributed by atoms with Crippen molar-refractivity contribution >= 4 is 11.9 Å². The van der Waals surface area contributed by atoms with Crippen LogP contribution in [0.25, 0.3) is 0 Å². The second kappa shape index (κ2) is 14.3. The highest BCUT2D eigenvalue weighted by Gasteiger charge is 2.43. The van der Waals surface area contributed by atoms with E-state index in [0.717, 1.165) is 32.1 Å². The Bertz CT molecular complexity index is 1050. The van der Waals surface area contributed by atoms with Crippen molar-refractivity contribution in [2.24, 2.45) is 34.8 Å². The molecule has 0 unspecified atom stereocenters. The monoisotopic (exact) mass is 555 g/mol. The van der Waals surface area contributed by atoms with Crippen molar-refractivity contribution < 1.29 is 29.3 Å². The summed E-state index contributed by atoms with van der Waals surface area (Å²) in [6.45, 7) is 11.0. The van der Waals surface area contributed by atoms with E-state index in [-0.39, 0.29) is 36.5 Å². The Morgan fingerprint density at radius 2 is 1.85 bits per heavy atom. The van der Waals surface area contributed by atoms with Crippen molar-refractivity contribution in [1.82, 2.24) is 0 Å². The third-order valence-electron chi connectivity index (χ3n) is 8.72. The fourth-order valence-corrected chi connectivity index (χ4v) is 5.91. The first-order valence-electron chi connectivity index (χ1n) is 14.9. The van der Waals surface area contributed by atoms with Crippen molar-refractivity contribution in [1.29, 1.82) is 0 Å². The van der Waals surface area contributed by atoms with Crippen LogP contribution in [0.5, 0.6) is 5.75 Å². The molecule has 0 saturated carbocycles. The molecule has 1 fully saturated rings. The summed E-state index contributed by atoms with van der Waals surface area (Å²) in [6.07, 6.45) is 10.5. The third-order valence-corrected chi connectivity index (χ3v) is 8.72. The molecule has 1 aliphatic heterocycles. The third kappa shape index (κ3) is 8.68. The van der Waals surface area contributed by atoms with Gasteiger partial charge in [-0.15, -0.1) is 0 Å². The predicted molar refractivity (Wildman–Crippen MR) is 156 cm³/mol. The maximum Gasteiger partial charge on any atom is 0.311 e. The Kier molecular flexibility index (Phi) is 11.4. The van der Waals surface area contributed by atoms with Crippen LogP contribution < -0.4 is 5.73 Å². The number of aliphatic hydroxyl groups excluding tert-OH is 1. The van der Waals surface area contributed by atoms with Crippen LogP contribution in [0.3, 0.4) is 0 Å². The number of rotatable bonds is 8. The van der Waals surface area contributed by atoms with Crippen LogP contribution in [0, 0.1) is 29.1 Å². The van der Waals surface area contributed by atoms with Crippen molar-refractivity contribution in [2.75, 3.05) is 6.54 Å². The molecule has 0 aromatic heterocycles. The molecular formula is C33H49NO6. The van der Waals surface area contributed by atoms with E-state index in [0.29, 0.717) is 36.5 Å². The number of aromatic hydroxyl groups is 1. The fourth-order valence-electron chi connectivity index (χ4n) is 5.91. The summed E-state index contributed by atoms with van der Waals surface area (Å²) >= 11 is 0. The molecule has 0 radical (unpaired) electrons. The summed E-state index contributed by atoms with van der Waals surface area (Å²) in [5.74, 6) is 1.08. The number of phenols is 1. The number of carbonyl (C=O) groups excluding carboxylic acids is 2. The molecule has 0 spiro atoms. The van der Waals surface area contributed by atoms with Crippen molar-refractivity contribution in [3.8, 4) is 5.75 Å². The summed E-state index contributed by atoms with van der Waals surface area (Å²) in [4.78, 5) is 24.6. The Hall–Kier alpha value is -2.64. The maximum atomic E-state index is 12.9. The van der Waals surface area contributed by atoms with Crippen LogP contribution in [0.4, 0.5) is 0 Å². The number of benzene rings is 1. The van der Waals surface area contributed by atoms with Gasteiger partial charge < -0.3 is 25.4 Å². The highest BCUT2D eigenvalue weighted by molar-refractivity contribution is 5.76. The molecule has 3 aliphatic rings. The lowest BCUT2D eigenvalue weighted by atomic mass is 9.65. The van der Waals surface area contributed by atoms with Gasteiger partial charge in [-0.05, 0) is 93.5 Å². The standard InChI is InChI=1S/C25H38O5.C8H11NO/c1-6-25(4,5)24(28)30-21-12-15(2)11-17-8-7-16(3)20(23(17)21)10-9-19-13-18(26)14-22(27)29-19;9-6-5-7-1-3-8(10)4-2-7/h7-8,11,15-16,18-21,23,26H,6,9-10,12-14H2,1-5H3;1-4,10H,5-6,9H2/t15-,16-,18+,19+,20-,21-,23-;/m0./s1. The molecule has 40 heavy (non-hydrogen) atoms. The van der Waals surface area contributed by atoms with Gasteiger partial charge in [-0.2, -0.15) is 0 Å². The van der Waals surface area contributed by atoms with Gasteiger partial charge >= 0.3 is 11.9 Å². The second-order valence-corrected chi connectivity index (χ2v) is 12.5. The zero-order valence-electron chi connectivity index (χ0n) is 24.8. The number of hydrogen-bond acceptors (Lipinski definition) is 7. The molecule has 2 aliphatic carbocycles. The van der Waals surface area contributed by atoms with Gasteiger partial charge in [-0.25, -0.2) is 0 Å². The van der Waals surface area contributed by atoms with E-state index >= 15 is 0 Å². The number of phenolic OH excluding ortho intramolecular Hbond substituents is 1. The zero-order chi connectivity index (χ0) is 29.4. The first kappa shape index (κ1) is 31.9. The number of carbonyl (C=O) groups is 2. The SMILES string of the molecule is CCC(C)(C)C(=O)O[C@H]1C[C@@H](C)C=C2C=C[C@H](C)[C@H](CC[C@@H]3C[C@@H](O)CC(=O)O3)[C@H]21.NCCc1ccc(O)cc1. The summed E-state index contributed by atoms with van der Waals surface area (Å²) in [7, 11) is 0. The van der Waals surface area contributed by atoms with E-state index in [2.05, 4.69) is 32.1 Å². The minimum absolute atomic E-state index is 0.0949. The lowest BCUT2D eigenvalue weighted by Gasteiger charge is -2.44. The molecule has 4 N–H and O–H groups in total. The lowest BCUT2D eigenvalue weighted by molar-refractivity contribution is -0.166. The minimum Gasteiger partial charge on any atom is -0.508 e. The Labute approximate surface area is 239 Å². The normalized spacial score (nSPS) is 29.8. The summed E-state index contributed by atoms with van der Waals surface area (Å²) < 4.78 is 11.6. The zero-order valence-corrected chi connectivity index (χ0v) is 24.8. The second-order valence-electron chi connectivity index (χ2n) is 12.5. The van der Waals surface area contributed by atoms with Gasteiger partial charge in [0.05, 0.1) is 17.9 Å². The molecule has 7 heteroatoms. The van der Waals surface area contributed by atoms with Crippen molar-refractivity contribution in [3.63, 3.8) is 0 Å². The molecule has 0 amide bonds. The van der Waals surface area contributed by atoms with Crippen LogP contribution in [0.1, 0.15) is 78.7 Å². The summed E-state index contributed by atoms with van der Waals surface area (Å²) in [5.41, 5.74) is 7.29. The number of ether oxygens (including phenoxy) is 2. The van der Waals surface area contributed by atoms with Crippen LogP contribution in [0.15, 0.2) is 48.1 Å². The molecule has 7 nitrogen and oxygen atoms in total. The Balaban J connectivity index is 0.000000371. The summed E-state index contributed by atoms with van der Waals surface area (Å²) in [6, 6.07) is 7.10. The Morgan fingerprint density at radius 1 is 1.15 bits per heavy atom. The van der Waals surface area contributed by atoms with E-state index in [1.54, 1.807) is 12.1 Å². The topological polar surface area (TPSA) is 119 Å². The first-order chi connectivity index (χ1) is 18.9.